The monoisotopic (exact) mass is 328 g/mol. The van der Waals surface area contributed by atoms with E-state index in [1.807, 2.05) is 24.3 Å². The van der Waals surface area contributed by atoms with E-state index in [0.29, 0.717) is 23.5 Å². The number of esters is 1. The van der Waals surface area contributed by atoms with Crippen molar-refractivity contribution in [1.82, 2.24) is 0 Å². The lowest BCUT2D eigenvalue weighted by Crippen LogP contribution is -2.18. The van der Waals surface area contributed by atoms with Gasteiger partial charge in [0.05, 0.1) is 31.2 Å². The van der Waals surface area contributed by atoms with Crippen molar-refractivity contribution < 1.29 is 19.1 Å². The van der Waals surface area contributed by atoms with E-state index in [0.717, 1.165) is 5.69 Å². The van der Waals surface area contributed by atoms with E-state index in [9.17, 15) is 9.59 Å². The Labute approximate surface area is 140 Å². The van der Waals surface area contributed by atoms with Crippen LogP contribution in [0.3, 0.4) is 0 Å². The van der Waals surface area contributed by atoms with Crippen molar-refractivity contribution in [2.75, 3.05) is 31.4 Å². The Morgan fingerprint density at radius 3 is 2.33 bits per heavy atom. The molecule has 2 aromatic rings. The highest BCUT2D eigenvalue weighted by molar-refractivity contribution is 6.01. The average Bonchev–Trinajstić information content (AvgIpc) is 2.62. The van der Waals surface area contributed by atoms with Crippen molar-refractivity contribution in [2.45, 2.75) is 6.42 Å². The Hall–Kier alpha value is -3.02. The normalized spacial score (nSPS) is 9.92. The molecule has 0 saturated carbocycles. The summed E-state index contributed by atoms with van der Waals surface area (Å²) in [5, 5.41) is 5.88. The maximum absolute atomic E-state index is 12.1. The molecule has 0 atom stereocenters. The summed E-state index contributed by atoms with van der Waals surface area (Å²) < 4.78 is 9.95. The van der Waals surface area contributed by atoms with Gasteiger partial charge in [-0.2, -0.15) is 0 Å². The SMILES string of the molecule is COC(=O)c1ccccc1NC(=O)CCNc1ccccc1OC. The Kier molecular flexibility index (Phi) is 6.19. The van der Waals surface area contributed by atoms with Crippen LogP contribution in [0.2, 0.25) is 0 Å². The summed E-state index contributed by atoms with van der Waals surface area (Å²) in [7, 11) is 2.90. The third-order valence-electron chi connectivity index (χ3n) is 3.38. The zero-order valence-electron chi connectivity index (χ0n) is 13.7. The third kappa shape index (κ3) is 4.49. The van der Waals surface area contributed by atoms with Crippen LogP contribution >= 0.6 is 0 Å². The highest BCUT2D eigenvalue weighted by atomic mass is 16.5. The third-order valence-corrected chi connectivity index (χ3v) is 3.38. The Morgan fingerprint density at radius 2 is 1.62 bits per heavy atom. The molecule has 0 heterocycles. The molecule has 0 unspecified atom stereocenters. The predicted octanol–water partition coefficient (Wildman–Crippen LogP) is 2.92. The van der Waals surface area contributed by atoms with Crippen molar-refractivity contribution in [3.8, 4) is 5.75 Å². The first-order valence-electron chi connectivity index (χ1n) is 7.49. The first-order chi connectivity index (χ1) is 11.7. The molecule has 6 nitrogen and oxygen atoms in total. The molecule has 126 valence electrons. The van der Waals surface area contributed by atoms with E-state index in [4.69, 9.17) is 9.47 Å². The van der Waals surface area contributed by atoms with Crippen LogP contribution in [0.15, 0.2) is 48.5 Å². The number of ether oxygens (including phenoxy) is 2. The van der Waals surface area contributed by atoms with Gasteiger partial charge >= 0.3 is 5.97 Å². The van der Waals surface area contributed by atoms with Crippen molar-refractivity contribution in [3.05, 3.63) is 54.1 Å². The highest BCUT2D eigenvalue weighted by Crippen LogP contribution is 2.23. The van der Waals surface area contributed by atoms with Gasteiger partial charge in [0.15, 0.2) is 0 Å². The number of hydrogen-bond donors (Lipinski definition) is 2. The van der Waals surface area contributed by atoms with Gasteiger partial charge in [-0.15, -0.1) is 0 Å². The number of carbonyl (C=O) groups excluding carboxylic acids is 2. The number of benzene rings is 2. The summed E-state index contributed by atoms with van der Waals surface area (Å²) in [4.78, 5) is 23.8. The van der Waals surface area contributed by atoms with Crippen LogP contribution < -0.4 is 15.4 Å². The lowest BCUT2D eigenvalue weighted by atomic mass is 10.1. The minimum Gasteiger partial charge on any atom is -0.495 e. The highest BCUT2D eigenvalue weighted by Gasteiger charge is 2.13. The molecule has 2 aromatic carbocycles. The van der Waals surface area contributed by atoms with E-state index in [2.05, 4.69) is 10.6 Å². The van der Waals surface area contributed by atoms with Crippen molar-refractivity contribution in [2.24, 2.45) is 0 Å². The van der Waals surface area contributed by atoms with Gasteiger partial charge < -0.3 is 20.1 Å². The molecular weight excluding hydrogens is 308 g/mol. The van der Waals surface area contributed by atoms with Gasteiger partial charge in [-0.05, 0) is 24.3 Å². The van der Waals surface area contributed by atoms with Crippen LogP contribution in [-0.2, 0) is 9.53 Å². The lowest BCUT2D eigenvalue weighted by Gasteiger charge is -2.12. The second kappa shape index (κ2) is 8.57. The van der Waals surface area contributed by atoms with Gasteiger partial charge in [-0.3, -0.25) is 4.79 Å². The van der Waals surface area contributed by atoms with Crippen LogP contribution in [0.5, 0.6) is 5.75 Å². The molecule has 0 aromatic heterocycles. The number of anilines is 2. The summed E-state index contributed by atoms with van der Waals surface area (Å²) in [5.74, 6) is 0.0285. The molecular formula is C18H20N2O4. The molecule has 0 aliphatic heterocycles. The van der Waals surface area contributed by atoms with Crippen molar-refractivity contribution in [1.29, 1.82) is 0 Å². The molecule has 0 saturated heterocycles. The van der Waals surface area contributed by atoms with Gasteiger partial charge in [-0.1, -0.05) is 24.3 Å². The molecule has 2 rings (SSSR count). The second-order valence-electron chi connectivity index (χ2n) is 4.96. The molecule has 0 aliphatic carbocycles. The van der Waals surface area contributed by atoms with Gasteiger partial charge in [0.25, 0.3) is 0 Å². The molecule has 0 bridgehead atoms. The number of para-hydroxylation sites is 3. The number of carbonyl (C=O) groups is 2. The van der Waals surface area contributed by atoms with Crippen LogP contribution in [0.4, 0.5) is 11.4 Å². The Bertz CT molecular complexity index is 716. The number of methoxy groups -OCH3 is 2. The van der Waals surface area contributed by atoms with E-state index < -0.39 is 5.97 Å². The van der Waals surface area contributed by atoms with E-state index >= 15 is 0 Å². The number of nitrogens with one attached hydrogen (secondary N) is 2. The quantitative estimate of drug-likeness (QED) is 0.764. The zero-order valence-corrected chi connectivity index (χ0v) is 13.7. The molecule has 0 aliphatic rings. The fraction of sp³-hybridized carbons (Fsp3) is 0.222. The maximum atomic E-state index is 12.1. The van der Waals surface area contributed by atoms with Gasteiger partial charge in [0, 0.05) is 13.0 Å². The summed E-state index contributed by atoms with van der Waals surface area (Å²) in [6.07, 6.45) is 0.244. The molecule has 6 heteroatoms. The topological polar surface area (TPSA) is 76.7 Å². The largest absolute Gasteiger partial charge is 0.495 e. The van der Waals surface area contributed by atoms with Crippen LogP contribution in [0, 0.1) is 0 Å². The van der Waals surface area contributed by atoms with Crippen LogP contribution in [0.1, 0.15) is 16.8 Å². The molecule has 0 spiro atoms. The first-order valence-corrected chi connectivity index (χ1v) is 7.49. The average molecular weight is 328 g/mol. The van der Waals surface area contributed by atoms with E-state index in [-0.39, 0.29) is 12.3 Å². The summed E-state index contributed by atoms with van der Waals surface area (Å²) >= 11 is 0. The predicted molar refractivity (Wildman–Crippen MR) is 92.5 cm³/mol. The smallest absolute Gasteiger partial charge is 0.339 e. The Balaban J connectivity index is 1.91. The Morgan fingerprint density at radius 1 is 0.958 bits per heavy atom. The standard InChI is InChI=1S/C18H20N2O4/c1-23-16-10-6-5-9-15(16)19-12-11-17(21)20-14-8-4-3-7-13(14)18(22)24-2/h3-10,19H,11-12H2,1-2H3,(H,20,21). The maximum Gasteiger partial charge on any atom is 0.339 e. The molecule has 2 N–H and O–H groups in total. The number of rotatable bonds is 7. The minimum absolute atomic E-state index is 0.200. The summed E-state index contributed by atoms with van der Waals surface area (Å²) in [6, 6.07) is 14.2. The molecule has 0 radical (unpaired) electrons. The van der Waals surface area contributed by atoms with Crippen molar-refractivity contribution in [3.63, 3.8) is 0 Å². The number of hydrogen-bond acceptors (Lipinski definition) is 5. The van der Waals surface area contributed by atoms with Gasteiger partial charge in [0.1, 0.15) is 5.75 Å². The fourth-order valence-corrected chi connectivity index (χ4v) is 2.19. The second-order valence-corrected chi connectivity index (χ2v) is 4.96. The lowest BCUT2D eigenvalue weighted by molar-refractivity contribution is -0.115. The summed E-state index contributed by atoms with van der Waals surface area (Å²) in [5.41, 5.74) is 1.58. The minimum atomic E-state index is -0.488. The molecule has 24 heavy (non-hydrogen) atoms. The zero-order chi connectivity index (χ0) is 17.4. The van der Waals surface area contributed by atoms with Crippen LogP contribution in [-0.4, -0.2) is 32.6 Å². The van der Waals surface area contributed by atoms with Gasteiger partial charge in [0.2, 0.25) is 5.91 Å². The number of amides is 1. The van der Waals surface area contributed by atoms with Crippen molar-refractivity contribution >= 4 is 23.3 Å². The van der Waals surface area contributed by atoms with Gasteiger partial charge in [-0.25, -0.2) is 4.79 Å². The summed E-state index contributed by atoms with van der Waals surface area (Å²) in [6.45, 7) is 0.437. The van der Waals surface area contributed by atoms with E-state index in [1.165, 1.54) is 7.11 Å². The molecule has 0 fully saturated rings. The fourth-order valence-electron chi connectivity index (χ4n) is 2.19. The van der Waals surface area contributed by atoms with Crippen LogP contribution in [0.25, 0.3) is 0 Å². The van der Waals surface area contributed by atoms with E-state index in [1.54, 1.807) is 31.4 Å². The molecule has 1 amide bonds. The first kappa shape index (κ1) is 17.3.